The van der Waals surface area contributed by atoms with Gasteiger partial charge in [0, 0.05) is 0 Å². The zero-order valence-corrected chi connectivity index (χ0v) is 8.59. The lowest BCUT2D eigenvalue weighted by molar-refractivity contribution is 0.0359. The van der Waals surface area contributed by atoms with E-state index in [0.29, 0.717) is 18.1 Å². The summed E-state index contributed by atoms with van der Waals surface area (Å²) in [6.45, 7) is 4.67. The van der Waals surface area contributed by atoms with Gasteiger partial charge in [-0.25, -0.2) is 4.79 Å². The largest absolute Gasteiger partial charge is 0.459 e. The molecule has 1 heterocycles. The van der Waals surface area contributed by atoms with Crippen LogP contribution in [0.4, 0.5) is 0 Å². The molecule has 1 rings (SSSR count). The first kappa shape index (κ1) is 10.9. The molecule has 0 aliphatic carbocycles. The second-order valence-electron chi connectivity index (χ2n) is 2.48. The summed E-state index contributed by atoms with van der Waals surface area (Å²) in [5.74, 6) is -0.290. The molecule has 0 saturated heterocycles. The van der Waals surface area contributed by atoms with E-state index in [2.05, 4.69) is 6.58 Å². The molecule has 0 bridgehead atoms. The van der Waals surface area contributed by atoms with Gasteiger partial charge < -0.3 is 9.47 Å². The van der Waals surface area contributed by atoms with Crippen molar-refractivity contribution in [1.29, 1.82) is 0 Å². The second-order valence-corrected chi connectivity index (χ2v) is 3.42. The van der Waals surface area contributed by atoms with E-state index in [1.165, 1.54) is 11.3 Å². The van der Waals surface area contributed by atoms with Crippen molar-refractivity contribution in [2.45, 2.75) is 0 Å². The van der Waals surface area contributed by atoms with Crippen molar-refractivity contribution in [1.82, 2.24) is 0 Å². The number of carbonyl (C=O) groups is 1. The van der Waals surface area contributed by atoms with E-state index >= 15 is 0 Å². The van der Waals surface area contributed by atoms with E-state index in [1.807, 2.05) is 11.4 Å². The Morgan fingerprint density at radius 2 is 2.43 bits per heavy atom. The summed E-state index contributed by atoms with van der Waals surface area (Å²) >= 11 is 1.37. The van der Waals surface area contributed by atoms with Crippen LogP contribution in [0.3, 0.4) is 0 Å². The first-order valence-corrected chi connectivity index (χ1v) is 5.12. The average Bonchev–Trinajstić information content (AvgIpc) is 2.70. The van der Waals surface area contributed by atoms with Crippen LogP contribution >= 0.6 is 11.3 Å². The Morgan fingerprint density at radius 1 is 1.57 bits per heavy atom. The van der Waals surface area contributed by atoms with Gasteiger partial charge in [0.1, 0.15) is 11.5 Å². The Morgan fingerprint density at radius 3 is 3.07 bits per heavy atom. The van der Waals surface area contributed by atoms with Crippen molar-refractivity contribution >= 4 is 17.3 Å². The van der Waals surface area contributed by atoms with Crippen molar-refractivity contribution in [2.75, 3.05) is 19.8 Å². The summed E-state index contributed by atoms with van der Waals surface area (Å²) < 4.78 is 10.0. The fourth-order valence-corrected chi connectivity index (χ4v) is 1.44. The summed E-state index contributed by atoms with van der Waals surface area (Å²) in [5.41, 5.74) is 0. The zero-order chi connectivity index (χ0) is 10.2. The molecular formula is C10H12O3S. The van der Waals surface area contributed by atoms with Gasteiger partial charge in [0.15, 0.2) is 0 Å². The topological polar surface area (TPSA) is 35.5 Å². The molecule has 0 fully saturated rings. The van der Waals surface area contributed by atoms with E-state index in [0.717, 1.165) is 0 Å². The van der Waals surface area contributed by atoms with E-state index in [4.69, 9.17) is 9.47 Å². The van der Waals surface area contributed by atoms with Crippen LogP contribution in [0.5, 0.6) is 0 Å². The van der Waals surface area contributed by atoms with Crippen LogP contribution in [0.15, 0.2) is 30.2 Å². The highest BCUT2D eigenvalue weighted by Gasteiger charge is 2.06. The summed E-state index contributed by atoms with van der Waals surface area (Å²) in [6, 6.07) is 3.55. The normalized spacial score (nSPS) is 9.71. The Balaban J connectivity index is 2.13. The monoisotopic (exact) mass is 212 g/mol. The highest BCUT2D eigenvalue weighted by atomic mass is 32.1. The summed E-state index contributed by atoms with van der Waals surface area (Å²) in [4.78, 5) is 11.9. The van der Waals surface area contributed by atoms with Crippen LogP contribution in [0, 0.1) is 0 Å². The molecule has 3 nitrogen and oxygen atoms in total. The SMILES string of the molecule is C=CCOCCOC(=O)c1cccs1. The molecule has 0 atom stereocenters. The minimum absolute atomic E-state index is 0.282. The molecule has 0 radical (unpaired) electrons. The third-order valence-electron chi connectivity index (χ3n) is 1.42. The van der Waals surface area contributed by atoms with E-state index in [9.17, 15) is 4.79 Å². The molecule has 0 aliphatic heterocycles. The molecule has 0 unspecified atom stereocenters. The van der Waals surface area contributed by atoms with Crippen molar-refractivity contribution in [3.8, 4) is 0 Å². The van der Waals surface area contributed by atoms with Crippen molar-refractivity contribution < 1.29 is 14.3 Å². The number of esters is 1. The van der Waals surface area contributed by atoms with Crippen LogP contribution in [-0.4, -0.2) is 25.8 Å². The van der Waals surface area contributed by atoms with Crippen LogP contribution in [0.1, 0.15) is 9.67 Å². The lowest BCUT2D eigenvalue weighted by Crippen LogP contribution is -2.09. The minimum atomic E-state index is -0.290. The van der Waals surface area contributed by atoms with Gasteiger partial charge in [-0.3, -0.25) is 0 Å². The van der Waals surface area contributed by atoms with E-state index in [1.54, 1.807) is 12.1 Å². The van der Waals surface area contributed by atoms with Gasteiger partial charge in [-0.15, -0.1) is 17.9 Å². The average molecular weight is 212 g/mol. The van der Waals surface area contributed by atoms with Gasteiger partial charge in [-0.2, -0.15) is 0 Å². The van der Waals surface area contributed by atoms with Gasteiger partial charge in [0.05, 0.1) is 13.2 Å². The van der Waals surface area contributed by atoms with Crippen molar-refractivity contribution in [3.05, 3.63) is 35.0 Å². The third kappa shape index (κ3) is 3.72. The zero-order valence-electron chi connectivity index (χ0n) is 7.77. The number of carbonyl (C=O) groups excluding carboxylic acids is 1. The second kappa shape index (κ2) is 6.34. The first-order chi connectivity index (χ1) is 6.84. The van der Waals surface area contributed by atoms with E-state index in [-0.39, 0.29) is 12.6 Å². The number of rotatable bonds is 6. The van der Waals surface area contributed by atoms with Gasteiger partial charge in [0.25, 0.3) is 0 Å². The Bertz CT molecular complexity index is 280. The lowest BCUT2D eigenvalue weighted by atomic mass is 10.5. The summed E-state index contributed by atoms with van der Waals surface area (Å²) in [6.07, 6.45) is 1.65. The molecule has 1 aromatic rings. The quantitative estimate of drug-likeness (QED) is 0.411. The minimum Gasteiger partial charge on any atom is -0.459 e. The number of thiophene rings is 1. The molecule has 76 valence electrons. The van der Waals surface area contributed by atoms with Gasteiger partial charge in [-0.05, 0) is 11.4 Å². The van der Waals surface area contributed by atoms with Gasteiger partial charge in [0.2, 0.25) is 0 Å². The van der Waals surface area contributed by atoms with Gasteiger partial charge >= 0.3 is 5.97 Å². The first-order valence-electron chi connectivity index (χ1n) is 4.24. The lowest BCUT2D eigenvalue weighted by Gasteiger charge is -2.02. The highest BCUT2D eigenvalue weighted by molar-refractivity contribution is 7.11. The molecule has 0 saturated carbocycles. The number of hydrogen-bond donors (Lipinski definition) is 0. The molecule has 1 aromatic heterocycles. The fraction of sp³-hybridized carbons (Fsp3) is 0.300. The van der Waals surface area contributed by atoms with Crippen LogP contribution in [0.25, 0.3) is 0 Å². The fourth-order valence-electron chi connectivity index (χ4n) is 0.826. The van der Waals surface area contributed by atoms with Gasteiger partial charge in [-0.1, -0.05) is 12.1 Å². The maximum Gasteiger partial charge on any atom is 0.348 e. The number of ether oxygens (including phenoxy) is 2. The predicted molar refractivity (Wildman–Crippen MR) is 55.6 cm³/mol. The van der Waals surface area contributed by atoms with E-state index < -0.39 is 0 Å². The smallest absolute Gasteiger partial charge is 0.348 e. The van der Waals surface area contributed by atoms with Crippen LogP contribution in [-0.2, 0) is 9.47 Å². The molecular weight excluding hydrogens is 200 g/mol. The predicted octanol–water partition coefficient (Wildman–Crippen LogP) is 2.11. The molecule has 0 N–H and O–H groups in total. The molecule has 0 spiro atoms. The Labute approximate surface area is 87.0 Å². The molecule has 4 heteroatoms. The third-order valence-corrected chi connectivity index (χ3v) is 2.27. The highest BCUT2D eigenvalue weighted by Crippen LogP contribution is 2.09. The molecule has 0 amide bonds. The maximum atomic E-state index is 11.3. The van der Waals surface area contributed by atoms with Crippen molar-refractivity contribution in [3.63, 3.8) is 0 Å². The summed E-state index contributed by atoms with van der Waals surface area (Å²) in [7, 11) is 0. The van der Waals surface area contributed by atoms with Crippen LogP contribution in [0.2, 0.25) is 0 Å². The van der Waals surface area contributed by atoms with Crippen LogP contribution < -0.4 is 0 Å². The molecule has 14 heavy (non-hydrogen) atoms. The van der Waals surface area contributed by atoms with Crippen molar-refractivity contribution in [2.24, 2.45) is 0 Å². The Kier molecular flexibility index (Phi) is 4.96. The Hall–Kier alpha value is -1.13. The molecule has 0 aliphatic rings. The standard InChI is InChI=1S/C10H12O3S/c1-2-5-12-6-7-13-10(11)9-4-3-8-14-9/h2-4,8H,1,5-7H2. The maximum absolute atomic E-state index is 11.3. The summed E-state index contributed by atoms with van der Waals surface area (Å²) in [5, 5.41) is 1.84. The number of hydrogen-bond acceptors (Lipinski definition) is 4. The molecule has 0 aromatic carbocycles.